The minimum atomic E-state index is -0.524. The van der Waals surface area contributed by atoms with Gasteiger partial charge in [0.2, 0.25) is 5.91 Å². The Morgan fingerprint density at radius 2 is 2.07 bits per heavy atom. The Hall–Kier alpha value is -1.90. The molecule has 2 heterocycles. The molecule has 1 aliphatic rings. The van der Waals surface area contributed by atoms with Gasteiger partial charge >= 0.3 is 0 Å². The largest absolute Gasteiger partial charge is 0.372 e. The van der Waals surface area contributed by atoms with Crippen molar-refractivity contribution in [2.45, 2.75) is 31.1 Å². The lowest BCUT2D eigenvalue weighted by molar-refractivity contribution is -0.113. The van der Waals surface area contributed by atoms with Crippen LogP contribution in [0.4, 0.5) is 15.9 Å². The third kappa shape index (κ3) is 5.54. The van der Waals surface area contributed by atoms with Gasteiger partial charge in [-0.2, -0.15) is 0 Å². The maximum absolute atomic E-state index is 13.2. The molecule has 2 unspecified atom stereocenters. The molecule has 144 valence electrons. The molecule has 3 rings (SSSR count). The number of thioether (sulfide) groups is 1. The highest BCUT2D eigenvalue weighted by Crippen LogP contribution is 2.23. The lowest BCUT2D eigenvalue weighted by Gasteiger charge is -2.36. The molecule has 1 aromatic carbocycles. The van der Waals surface area contributed by atoms with Crippen LogP contribution in [0.25, 0.3) is 0 Å². The maximum Gasteiger partial charge on any atom is 0.234 e. The Kier molecular flexibility index (Phi) is 6.51. The zero-order chi connectivity index (χ0) is 19.4. The van der Waals surface area contributed by atoms with Crippen LogP contribution in [0.1, 0.15) is 13.8 Å². The maximum atomic E-state index is 13.2. The molecular weight excluding hydrogens is 391 g/mol. The fourth-order valence-corrected chi connectivity index (χ4v) is 3.70. The molecule has 0 bridgehead atoms. The van der Waals surface area contributed by atoms with E-state index in [1.165, 1.54) is 36.3 Å². The second-order valence-electron chi connectivity index (χ2n) is 6.34. The van der Waals surface area contributed by atoms with E-state index in [9.17, 15) is 9.18 Å². The lowest BCUT2D eigenvalue weighted by atomic mass is 10.2. The van der Waals surface area contributed by atoms with E-state index in [-0.39, 0.29) is 28.9 Å². The first-order valence-electron chi connectivity index (χ1n) is 8.51. The third-order valence-corrected chi connectivity index (χ3v) is 5.14. The van der Waals surface area contributed by atoms with Gasteiger partial charge in [0.05, 0.1) is 23.0 Å². The van der Waals surface area contributed by atoms with Crippen LogP contribution in [-0.2, 0) is 9.53 Å². The molecule has 1 aromatic heterocycles. The van der Waals surface area contributed by atoms with Gasteiger partial charge in [0, 0.05) is 24.8 Å². The molecule has 6 nitrogen and oxygen atoms in total. The van der Waals surface area contributed by atoms with Crippen molar-refractivity contribution in [1.82, 2.24) is 9.97 Å². The molecule has 9 heteroatoms. The molecule has 0 aliphatic carbocycles. The van der Waals surface area contributed by atoms with E-state index < -0.39 is 5.82 Å². The smallest absolute Gasteiger partial charge is 0.234 e. The molecule has 0 radical (unpaired) electrons. The normalized spacial score (nSPS) is 19.8. The van der Waals surface area contributed by atoms with Crippen molar-refractivity contribution < 1.29 is 13.9 Å². The Balaban J connectivity index is 1.57. The number of amides is 1. The zero-order valence-electron chi connectivity index (χ0n) is 15.0. The Labute approximate surface area is 166 Å². The predicted molar refractivity (Wildman–Crippen MR) is 105 cm³/mol. The quantitative estimate of drug-likeness (QED) is 0.600. The number of aromatic nitrogens is 2. The van der Waals surface area contributed by atoms with E-state index in [1.54, 1.807) is 0 Å². The number of ether oxygens (including phenoxy) is 1. The van der Waals surface area contributed by atoms with Gasteiger partial charge in [0.25, 0.3) is 0 Å². The monoisotopic (exact) mass is 410 g/mol. The highest BCUT2D eigenvalue weighted by atomic mass is 35.5. The van der Waals surface area contributed by atoms with Gasteiger partial charge in [-0.05, 0) is 32.0 Å². The van der Waals surface area contributed by atoms with Crippen molar-refractivity contribution in [1.29, 1.82) is 0 Å². The van der Waals surface area contributed by atoms with Gasteiger partial charge in [-0.25, -0.2) is 14.4 Å². The van der Waals surface area contributed by atoms with Crippen LogP contribution >= 0.6 is 23.4 Å². The zero-order valence-corrected chi connectivity index (χ0v) is 16.6. The van der Waals surface area contributed by atoms with Crippen LogP contribution < -0.4 is 10.2 Å². The summed E-state index contributed by atoms with van der Waals surface area (Å²) in [5.41, 5.74) is 0.451. The molecule has 27 heavy (non-hydrogen) atoms. The first kappa shape index (κ1) is 19.9. The number of benzene rings is 1. The minimum Gasteiger partial charge on any atom is -0.372 e. The summed E-state index contributed by atoms with van der Waals surface area (Å²) in [5.74, 6) is 0.238. The van der Waals surface area contributed by atoms with Crippen LogP contribution in [0.3, 0.4) is 0 Å². The topological polar surface area (TPSA) is 67.4 Å². The van der Waals surface area contributed by atoms with Gasteiger partial charge < -0.3 is 15.0 Å². The summed E-state index contributed by atoms with van der Waals surface area (Å²) in [5, 5.41) is 3.36. The fourth-order valence-electron chi connectivity index (χ4n) is 2.86. The standard InChI is InChI=1S/C18H20ClFN4O2S/c1-11-7-24(8-12(2)26-11)16-6-18(22-10-21-16)27-9-17(25)23-13-3-4-15(20)14(19)5-13/h3-6,10-12H,7-9H2,1-2H3,(H,23,25). The van der Waals surface area contributed by atoms with Crippen LogP contribution in [0, 0.1) is 5.82 Å². The summed E-state index contributed by atoms with van der Waals surface area (Å²) in [6.07, 6.45) is 1.77. The predicted octanol–water partition coefficient (Wildman–Crippen LogP) is 3.61. The van der Waals surface area contributed by atoms with Crippen molar-refractivity contribution in [3.05, 3.63) is 41.4 Å². The van der Waals surface area contributed by atoms with E-state index in [0.717, 1.165) is 18.9 Å². The van der Waals surface area contributed by atoms with Crippen molar-refractivity contribution in [2.24, 2.45) is 0 Å². The highest BCUT2D eigenvalue weighted by molar-refractivity contribution is 7.99. The van der Waals surface area contributed by atoms with Crippen LogP contribution in [0.5, 0.6) is 0 Å². The number of hydrogen-bond acceptors (Lipinski definition) is 6. The molecule has 1 amide bonds. The Morgan fingerprint density at radius 1 is 1.33 bits per heavy atom. The number of hydrogen-bond donors (Lipinski definition) is 1. The van der Waals surface area contributed by atoms with Crippen molar-refractivity contribution in [2.75, 3.05) is 29.1 Å². The van der Waals surface area contributed by atoms with E-state index in [1.807, 2.05) is 19.9 Å². The number of anilines is 2. The van der Waals surface area contributed by atoms with Gasteiger partial charge in [-0.1, -0.05) is 23.4 Å². The lowest BCUT2D eigenvalue weighted by Crippen LogP contribution is -2.45. The number of nitrogens with zero attached hydrogens (tertiary/aromatic N) is 3. The molecular formula is C18H20ClFN4O2S. The average molecular weight is 411 g/mol. The molecule has 1 aliphatic heterocycles. The summed E-state index contributed by atoms with van der Waals surface area (Å²) in [4.78, 5) is 22.8. The van der Waals surface area contributed by atoms with E-state index in [2.05, 4.69) is 20.2 Å². The van der Waals surface area contributed by atoms with Gasteiger partial charge in [0.15, 0.2) is 0 Å². The highest BCUT2D eigenvalue weighted by Gasteiger charge is 2.23. The average Bonchev–Trinajstić information content (AvgIpc) is 2.62. The van der Waals surface area contributed by atoms with Gasteiger partial charge in [-0.3, -0.25) is 4.79 Å². The molecule has 0 saturated carbocycles. The Bertz CT molecular complexity index is 816. The Morgan fingerprint density at radius 3 is 2.78 bits per heavy atom. The summed E-state index contributed by atoms with van der Waals surface area (Å²) < 4.78 is 18.9. The first-order valence-corrected chi connectivity index (χ1v) is 9.87. The SMILES string of the molecule is CC1CN(c2cc(SCC(=O)Nc3ccc(F)c(Cl)c3)ncn2)CC(C)O1. The number of halogens is 2. The molecule has 1 N–H and O–H groups in total. The van der Waals surface area contributed by atoms with Crippen molar-refractivity contribution >= 4 is 40.8 Å². The summed E-state index contributed by atoms with van der Waals surface area (Å²) in [6, 6.07) is 5.93. The van der Waals surface area contributed by atoms with E-state index in [0.29, 0.717) is 10.7 Å². The number of carbonyl (C=O) groups excluding carboxylic acids is 1. The van der Waals surface area contributed by atoms with E-state index in [4.69, 9.17) is 16.3 Å². The summed E-state index contributed by atoms with van der Waals surface area (Å²) in [7, 11) is 0. The van der Waals surface area contributed by atoms with Crippen LogP contribution in [0.2, 0.25) is 5.02 Å². The van der Waals surface area contributed by atoms with Crippen molar-refractivity contribution in [3.63, 3.8) is 0 Å². The molecule has 1 fully saturated rings. The number of nitrogens with one attached hydrogen (secondary N) is 1. The van der Waals surface area contributed by atoms with Crippen molar-refractivity contribution in [3.8, 4) is 0 Å². The third-order valence-electron chi connectivity index (χ3n) is 3.93. The van der Waals surface area contributed by atoms with Gasteiger partial charge in [0.1, 0.15) is 23.0 Å². The molecule has 1 saturated heterocycles. The molecule has 2 atom stereocenters. The molecule has 0 spiro atoms. The number of morpholine rings is 1. The number of carbonyl (C=O) groups is 1. The van der Waals surface area contributed by atoms with Crippen LogP contribution in [-0.4, -0.2) is 46.9 Å². The second-order valence-corrected chi connectivity index (χ2v) is 7.75. The van der Waals surface area contributed by atoms with Crippen LogP contribution in [0.15, 0.2) is 35.6 Å². The minimum absolute atomic E-state index is 0.0325. The summed E-state index contributed by atoms with van der Waals surface area (Å²) >= 11 is 7.03. The first-order chi connectivity index (χ1) is 12.9. The molecule has 2 aromatic rings. The summed E-state index contributed by atoms with van der Waals surface area (Å²) in [6.45, 7) is 5.59. The second kappa shape index (κ2) is 8.86. The van der Waals surface area contributed by atoms with E-state index >= 15 is 0 Å². The number of rotatable bonds is 5. The fraction of sp³-hybridized carbons (Fsp3) is 0.389. The van der Waals surface area contributed by atoms with Gasteiger partial charge in [-0.15, -0.1) is 0 Å².